The van der Waals surface area contributed by atoms with Gasteiger partial charge in [-0.1, -0.05) is 13.8 Å². The van der Waals surface area contributed by atoms with E-state index in [1.165, 1.54) is 6.42 Å². The highest BCUT2D eigenvalue weighted by Gasteiger charge is 2.63. The predicted molar refractivity (Wildman–Crippen MR) is 67.5 cm³/mol. The molecule has 0 spiro atoms. The van der Waals surface area contributed by atoms with Gasteiger partial charge in [-0.25, -0.2) is 0 Å². The Balaban J connectivity index is 1.63. The normalized spacial score (nSPS) is 41.5. The lowest BCUT2D eigenvalue weighted by Crippen LogP contribution is -2.49. The zero-order chi connectivity index (χ0) is 13.8. The minimum absolute atomic E-state index is 0.0842. The highest BCUT2D eigenvalue weighted by atomic mass is 16.5. The molecule has 5 nitrogen and oxygen atoms in total. The predicted octanol–water partition coefficient (Wildman–Crippen LogP) is 1.17. The molecule has 0 aromatic carbocycles. The van der Waals surface area contributed by atoms with E-state index in [0.29, 0.717) is 18.4 Å². The molecule has 2 heterocycles. The van der Waals surface area contributed by atoms with E-state index in [1.54, 1.807) is 6.92 Å². The van der Waals surface area contributed by atoms with Crippen molar-refractivity contribution in [2.75, 3.05) is 0 Å². The van der Waals surface area contributed by atoms with Crippen molar-refractivity contribution < 1.29 is 19.4 Å². The Morgan fingerprint density at radius 1 is 1.37 bits per heavy atom. The van der Waals surface area contributed by atoms with Crippen molar-refractivity contribution in [2.45, 2.75) is 57.8 Å². The molecule has 0 aromatic rings. The SMILES string of the molecule is CCC(C)(CC(=O)O)C(=O)N[C@@H]1C[C@@H]2O[C@H]1[C@H]1C[C@H]12. The summed E-state index contributed by atoms with van der Waals surface area (Å²) in [6, 6.07) is 0.0842. The fraction of sp³-hybridized carbons (Fsp3) is 0.857. The van der Waals surface area contributed by atoms with Crippen LogP contribution in [-0.4, -0.2) is 35.2 Å². The first-order valence-corrected chi connectivity index (χ1v) is 7.13. The summed E-state index contributed by atoms with van der Waals surface area (Å²) in [5, 5.41) is 12.0. The monoisotopic (exact) mass is 267 g/mol. The van der Waals surface area contributed by atoms with Gasteiger partial charge in [0.25, 0.3) is 0 Å². The number of nitrogens with one attached hydrogen (secondary N) is 1. The largest absolute Gasteiger partial charge is 0.481 e. The van der Waals surface area contributed by atoms with Crippen LogP contribution in [0, 0.1) is 17.3 Å². The van der Waals surface area contributed by atoms with E-state index >= 15 is 0 Å². The first-order chi connectivity index (χ1) is 8.94. The van der Waals surface area contributed by atoms with Crippen LogP contribution < -0.4 is 5.32 Å². The van der Waals surface area contributed by atoms with Gasteiger partial charge in [-0.05, 0) is 31.1 Å². The molecule has 2 saturated heterocycles. The van der Waals surface area contributed by atoms with E-state index in [9.17, 15) is 9.59 Å². The number of fused-ring (bicyclic) bond motifs is 5. The van der Waals surface area contributed by atoms with Crippen LogP contribution in [0.5, 0.6) is 0 Å². The number of carboxylic acid groups (broad SMARTS) is 1. The Morgan fingerprint density at radius 2 is 2.11 bits per heavy atom. The van der Waals surface area contributed by atoms with Gasteiger partial charge in [0.1, 0.15) is 0 Å². The third-order valence-electron chi connectivity index (χ3n) is 5.19. The maximum Gasteiger partial charge on any atom is 0.304 e. The molecule has 3 rings (SSSR count). The minimum Gasteiger partial charge on any atom is -0.481 e. The van der Waals surface area contributed by atoms with Crippen LogP contribution in [0.2, 0.25) is 0 Å². The van der Waals surface area contributed by atoms with Gasteiger partial charge in [0.2, 0.25) is 5.91 Å². The van der Waals surface area contributed by atoms with E-state index in [1.807, 2.05) is 6.92 Å². The van der Waals surface area contributed by atoms with Crippen molar-refractivity contribution in [2.24, 2.45) is 17.3 Å². The molecular weight excluding hydrogens is 246 g/mol. The van der Waals surface area contributed by atoms with Crippen LogP contribution in [0.1, 0.15) is 39.5 Å². The average Bonchev–Trinajstić information content (AvgIpc) is 2.96. The molecule has 106 valence electrons. The summed E-state index contributed by atoms with van der Waals surface area (Å²) in [4.78, 5) is 23.3. The summed E-state index contributed by atoms with van der Waals surface area (Å²) >= 11 is 0. The number of hydrogen-bond acceptors (Lipinski definition) is 3. The second-order valence-corrected chi connectivity index (χ2v) is 6.50. The molecule has 3 aliphatic rings. The molecule has 1 saturated carbocycles. The molecule has 19 heavy (non-hydrogen) atoms. The van der Waals surface area contributed by atoms with E-state index in [-0.39, 0.29) is 24.5 Å². The first kappa shape index (κ1) is 12.9. The molecule has 0 radical (unpaired) electrons. The molecule has 1 aliphatic carbocycles. The fourth-order valence-corrected chi connectivity index (χ4v) is 3.64. The van der Waals surface area contributed by atoms with Gasteiger partial charge in [0.15, 0.2) is 0 Å². The van der Waals surface area contributed by atoms with Crippen molar-refractivity contribution in [3.8, 4) is 0 Å². The highest BCUT2D eigenvalue weighted by molar-refractivity contribution is 5.86. The number of hydrogen-bond donors (Lipinski definition) is 2. The second kappa shape index (κ2) is 4.20. The number of amides is 1. The first-order valence-electron chi connectivity index (χ1n) is 7.13. The molecule has 2 N–H and O–H groups in total. The van der Waals surface area contributed by atoms with Gasteiger partial charge in [-0.15, -0.1) is 0 Å². The van der Waals surface area contributed by atoms with Gasteiger partial charge in [-0.2, -0.15) is 0 Å². The molecule has 6 atom stereocenters. The zero-order valence-electron chi connectivity index (χ0n) is 11.4. The molecule has 3 fully saturated rings. The Labute approximate surface area is 112 Å². The van der Waals surface area contributed by atoms with Gasteiger partial charge < -0.3 is 15.2 Å². The molecular formula is C14H21NO4. The lowest BCUT2D eigenvalue weighted by molar-refractivity contribution is -0.145. The third-order valence-corrected chi connectivity index (χ3v) is 5.19. The number of carboxylic acids is 1. The molecule has 5 heteroatoms. The van der Waals surface area contributed by atoms with Crippen molar-refractivity contribution in [1.82, 2.24) is 5.32 Å². The zero-order valence-corrected chi connectivity index (χ0v) is 11.4. The van der Waals surface area contributed by atoms with E-state index in [4.69, 9.17) is 9.84 Å². The van der Waals surface area contributed by atoms with E-state index in [0.717, 1.165) is 12.3 Å². The molecule has 2 bridgehead atoms. The number of aliphatic carboxylic acids is 1. The Kier molecular flexibility index (Phi) is 2.85. The van der Waals surface area contributed by atoms with Gasteiger partial charge in [-0.3, -0.25) is 9.59 Å². The van der Waals surface area contributed by atoms with Crippen molar-refractivity contribution >= 4 is 11.9 Å². The highest BCUT2D eigenvalue weighted by Crippen LogP contribution is 2.58. The number of rotatable bonds is 5. The van der Waals surface area contributed by atoms with Crippen molar-refractivity contribution in [3.63, 3.8) is 0 Å². The number of ether oxygens (including phenoxy) is 1. The summed E-state index contributed by atoms with van der Waals surface area (Å²) in [5.74, 6) is 0.299. The average molecular weight is 267 g/mol. The maximum atomic E-state index is 12.4. The van der Waals surface area contributed by atoms with Crippen LogP contribution in [-0.2, 0) is 14.3 Å². The van der Waals surface area contributed by atoms with Crippen LogP contribution in [0.3, 0.4) is 0 Å². The van der Waals surface area contributed by atoms with Crippen LogP contribution in [0.15, 0.2) is 0 Å². The summed E-state index contributed by atoms with van der Waals surface area (Å²) in [7, 11) is 0. The van der Waals surface area contributed by atoms with Gasteiger partial charge >= 0.3 is 5.97 Å². The van der Waals surface area contributed by atoms with E-state index < -0.39 is 11.4 Å². The van der Waals surface area contributed by atoms with E-state index in [2.05, 4.69) is 5.32 Å². The topological polar surface area (TPSA) is 75.6 Å². The second-order valence-electron chi connectivity index (χ2n) is 6.50. The third kappa shape index (κ3) is 2.04. The molecule has 1 amide bonds. The van der Waals surface area contributed by atoms with Crippen LogP contribution >= 0.6 is 0 Å². The lowest BCUT2D eigenvalue weighted by atomic mass is 9.82. The van der Waals surface area contributed by atoms with Crippen molar-refractivity contribution in [3.05, 3.63) is 0 Å². The van der Waals surface area contributed by atoms with Crippen molar-refractivity contribution in [1.29, 1.82) is 0 Å². The Bertz CT molecular complexity index is 424. The Morgan fingerprint density at radius 3 is 2.63 bits per heavy atom. The number of carbonyl (C=O) groups excluding carboxylic acids is 1. The molecule has 1 unspecified atom stereocenters. The summed E-state index contributed by atoms with van der Waals surface area (Å²) in [5.41, 5.74) is -0.823. The number of carbonyl (C=O) groups is 2. The lowest BCUT2D eigenvalue weighted by Gasteiger charge is -2.29. The quantitative estimate of drug-likeness (QED) is 0.784. The van der Waals surface area contributed by atoms with Crippen LogP contribution in [0.4, 0.5) is 0 Å². The van der Waals surface area contributed by atoms with Gasteiger partial charge in [0, 0.05) is 0 Å². The summed E-state index contributed by atoms with van der Waals surface area (Å²) < 4.78 is 5.84. The standard InChI is InChI=1S/C14H21NO4/c1-3-14(2,6-11(16)17)13(18)15-9-5-10-7-4-8(7)12(9)19-10/h7-10,12H,3-6H2,1-2H3,(H,15,18)(H,16,17)/t7-,8+,9-,10+,12+,14?/m1/s1. The summed E-state index contributed by atoms with van der Waals surface area (Å²) in [6.07, 6.45) is 3.03. The minimum atomic E-state index is -0.925. The fourth-order valence-electron chi connectivity index (χ4n) is 3.64. The van der Waals surface area contributed by atoms with Crippen LogP contribution in [0.25, 0.3) is 0 Å². The van der Waals surface area contributed by atoms with Gasteiger partial charge in [0.05, 0.1) is 30.1 Å². The Hall–Kier alpha value is -1.10. The smallest absolute Gasteiger partial charge is 0.304 e. The molecule has 0 aromatic heterocycles. The summed E-state index contributed by atoms with van der Waals surface area (Å²) in [6.45, 7) is 3.58. The maximum absolute atomic E-state index is 12.4. The molecule has 2 aliphatic heterocycles.